The van der Waals surface area contributed by atoms with E-state index in [2.05, 4.69) is 0 Å². The van der Waals surface area contributed by atoms with E-state index in [0.29, 0.717) is 6.54 Å². The summed E-state index contributed by atoms with van der Waals surface area (Å²) in [7, 11) is 1.50. The van der Waals surface area contributed by atoms with E-state index >= 15 is 0 Å². The quantitative estimate of drug-likeness (QED) is 0.337. The maximum Gasteiger partial charge on any atom is 0.300 e. The lowest BCUT2D eigenvalue weighted by Crippen LogP contribution is -2.35. The fourth-order valence-corrected chi connectivity index (χ4v) is 0.513. The van der Waals surface area contributed by atoms with Gasteiger partial charge in [-0.1, -0.05) is 6.92 Å². The summed E-state index contributed by atoms with van der Waals surface area (Å²) in [5, 5.41) is 15.7. The molecular weight excluding hydrogens is 174 g/mol. The minimum Gasteiger partial charge on any atom is -0.481 e. The van der Waals surface area contributed by atoms with Gasteiger partial charge in [0.15, 0.2) is 0 Å². The summed E-state index contributed by atoms with van der Waals surface area (Å²) in [6.07, 6.45) is 0.924. The summed E-state index contributed by atoms with van der Waals surface area (Å²) >= 11 is 0. The van der Waals surface area contributed by atoms with Crippen molar-refractivity contribution >= 4 is 11.9 Å². The van der Waals surface area contributed by atoms with Gasteiger partial charge in [-0.2, -0.15) is 0 Å². The molecule has 0 heterocycles. The van der Waals surface area contributed by atoms with E-state index in [1.54, 1.807) is 0 Å². The Bertz CT molecular complexity index is 157. The summed E-state index contributed by atoms with van der Waals surface area (Å²) in [6.45, 7) is 3.75. The van der Waals surface area contributed by atoms with Gasteiger partial charge in [-0.05, 0) is 6.42 Å². The molecular formula is C7H17N3O3. The van der Waals surface area contributed by atoms with Crippen molar-refractivity contribution in [3.8, 4) is 0 Å². The fraction of sp³-hybridized carbons (Fsp3) is 0.714. The van der Waals surface area contributed by atoms with Crippen molar-refractivity contribution in [2.45, 2.75) is 20.3 Å². The number of hydroxylamine groups is 2. The number of hydrogen-bond donors (Lipinski definition) is 3. The van der Waals surface area contributed by atoms with Crippen molar-refractivity contribution in [2.24, 2.45) is 5.73 Å². The van der Waals surface area contributed by atoms with Crippen LogP contribution in [-0.2, 0) is 9.63 Å². The normalized spacial score (nSPS) is 8.23. The highest BCUT2D eigenvalue weighted by molar-refractivity contribution is 5.73. The van der Waals surface area contributed by atoms with Crippen LogP contribution < -0.4 is 5.73 Å². The molecule has 6 nitrogen and oxygen atoms in total. The van der Waals surface area contributed by atoms with Gasteiger partial charge in [-0.15, -0.1) is 0 Å². The van der Waals surface area contributed by atoms with Gasteiger partial charge < -0.3 is 10.8 Å². The molecule has 0 amide bonds. The molecule has 0 aromatic carbocycles. The second kappa shape index (κ2) is 8.79. The molecule has 0 aliphatic carbocycles. The van der Waals surface area contributed by atoms with E-state index in [-0.39, 0.29) is 5.96 Å². The zero-order chi connectivity index (χ0) is 10.9. The van der Waals surface area contributed by atoms with Crippen LogP contribution in [0.1, 0.15) is 20.3 Å². The van der Waals surface area contributed by atoms with Crippen LogP contribution in [0, 0.1) is 5.41 Å². The molecule has 0 unspecified atom stereocenters. The lowest BCUT2D eigenvalue weighted by Gasteiger charge is -2.17. The van der Waals surface area contributed by atoms with Crippen LogP contribution in [0.2, 0.25) is 0 Å². The second-order valence-electron chi connectivity index (χ2n) is 2.19. The lowest BCUT2D eigenvalue weighted by molar-refractivity contribution is -0.134. The molecule has 0 rings (SSSR count). The first-order valence-corrected chi connectivity index (χ1v) is 3.80. The van der Waals surface area contributed by atoms with E-state index in [1.807, 2.05) is 6.92 Å². The largest absolute Gasteiger partial charge is 0.481 e. The van der Waals surface area contributed by atoms with Crippen LogP contribution in [0.4, 0.5) is 0 Å². The van der Waals surface area contributed by atoms with Gasteiger partial charge in [0.2, 0.25) is 5.96 Å². The van der Waals surface area contributed by atoms with Crippen LogP contribution in [0.3, 0.4) is 0 Å². The third-order valence-electron chi connectivity index (χ3n) is 0.916. The number of nitrogens with zero attached hydrogens (tertiary/aromatic N) is 1. The smallest absolute Gasteiger partial charge is 0.300 e. The molecule has 0 atom stereocenters. The van der Waals surface area contributed by atoms with Crippen molar-refractivity contribution in [3.05, 3.63) is 0 Å². The highest BCUT2D eigenvalue weighted by atomic mass is 16.7. The molecule has 0 spiro atoms. The van der Waals surface area contributed by atoms with E-state index in [4.69, 9.17) is 25.9 Å². The first-order valence-electron chi connectivity index (χ1n) is 3.80. The van der Waals surface area contributed by atoms with Gasteiger partial charge in [-0.3, -0.25) is 15.0 Å². The SMILES string of the molecule is CC(=O)O.CCCN(OC)C(=N)N. The van der Waals surface area contributed by atoms with Crippen molar-refractivity contribution in [3.63, 3.8) is 0 Å². The lowest BCUT2D eigenvalue weighted by atomic mass is 10.5. The summed E-state index contributed by atoms with van der Waals surface area (Å²) in [4.78, 5) is 13.7. The predicted molar refractivity (Wildman–Crippen MR) is 49.2 cm³/mol. The van der Waals surface area contributed by atoms with Crippen molar-refractivity contribution in [2.75, 3.05) is 13.7 Å². The molecule has 0 saturated heterocycles. The maximum atomic E-state index is 9.00. The summed E-state index contributed by atoms with van der Waals surface area (Å²) < 4.78 is 0. The van der Waals surface area contributed by atoms with Gasteiger partial charge in [0.1, 0.15) is 0 Å². The number of hydrogen-bond acceptors (Lipinski definition) is 3. The van der Waals surface area contributed by atoms with Gasteiger partial charge in [0, 0.05) is 13.5 Å². The van der Waals surface area contributed by atoms with Gasteiger partial charge >= 0.3 is 0 Å². The summed E-state index contributed by atoms with van der Waals surface area (Å²) in [6, 6.07) is 0. The second-order valence-corrected chi connectivity index (χ2v) is 2.19. The van der Waals surface area contributed by atoms with Crippen molar-refractivity contribution < 1.29 is 14.7 Å². The van der Waals surface area contributed by atoms with E-state index in [1.165, 1.54) is 12.2 Å². The average molecular weight is 191 g/mol. The third kappa shape index (κ3) is 13.7. The van der Waals surface area contributed by atoms with Gasteiger partial charge in [0.25, 0.3) is 5.97 Å². The van der Waals surface area contributed by atoms with Crippen molar-refractivity contribution in [1.82, 2.24) is 5.06 Å². The summed E-state index contributed by atoms with van der Waals surface area (Å²) in [5.41, 5.74) is 5.12. The summed E-state index contributed by atoms with van der Waals surface area (Å²) in [5.74, 6) is -0.876. The number of carboxylic acid groups (broad SMARTS) is 1. The van der Waals surface area contributed by atoms with E-state index in [9.17, 15) is 0 Å². The number of aliphatic carboxylic acids is 1. The Hall–Kier alpha value is -1.30. The molecule has 6 heteroatoms. The van der Waals surface area contributed by atoms with Crippen molar-refractivity contribution in [1.29, 1.82) is 5.41 Å². The first-order chi connectivity index (χ1) is 5.95. The average Bonchev–Trinajstić information content (AvgIpc) is 1.98. The fourth-order valence-electron chi connectivity index (χ4n) is 0.513. The zero-order valence-corrected chi connectivity index (χ0v) is 8.20. The minimum atomic E-state index is -0.833. The highest BCUT2D eigenvalue weighted by Crippen LogP contribution is 1.87. The van der Waals surface area contributed by atoms with Crippen LogP contribution in [-0.4, -0.2) is 35.8 Å². The number of nitrogens with two attached hydrogens (primary N) is 1. The number of nitrogens with one attached hydrogen (secondary N) is 1. The number of carbonyl (C=O) groups is 1. The maximum absolute atomic E-state index is 9.00. The van der Waals surface area contributed by atoms with E-state index in [0.717, 1.165) is 13.3 Å². The molecule has 4 N–H and O–H groups in total. The Labute approximate surface area is 77.7 Å². The van der Waals surface area contributed by atoms with Crippen LogP contribution in [0.25, 0.3) is 0 Å². The molecule has 0 radical (unpaired) electrons. The monoisotopic (exact) mass is 191 g/mol. The number of guanidine groups is 1. The van der Waals surface area contributed by atoms with Crippen LogP contribution in [0.15, 0.2) is 0 Å². The first kappa shape index (κ1) is 14.2. The molecule has 0 aromatic rings. The Morgan fingerprint density at radius 1 is 1.69 bits per heavy atom. The Balaban J connectivity index is 0. The zero-order valence-electron chi connectivity index (χ0n) is 8.20. The standard InChI is InChI=1S/C5H13N3O.C2H4O2/c1-3-4-8(9-2)5(6)7;1-2(3)4/h3-4H2,1-2H3,(H3,6,7);1H3,(H,3,4). The Kier molecular flexibility index (Phi) is 9.63. The Morgan fingerprint density at radius 2 is 2.08 bits per heavy atom. The highest BCUT2D eigenvalue weighted by Gasteiger charge is 2.00. The molecule has 0 aliphatic heterocycles. The van der Waals surface area contributed by atoms with Gasteiger partial charge in [0.05, 0.1) is 7.11 Å². The topological polar surface area (TPSA) is 99.6 Å². The van der Waals surface area contributed by atoms with Crippen LogP contribution >= 0.6 is 0 Å². The number of carboxylic acids is 1. The molecule has 0 bridgehead atoms. The predicted octanol–water partition coefficient (Wildman–Crippen LogP) is 0.244. The molecule has 78 valence electrons. The third-order valence-corrected chi connectivity index (χ3v) is 0.916. The molecule has 0 aromatic heterocycles. The molecule has 0 saturated carbocycles. The minimum absolute atomic E-state index is 0.0423. The molecule has 0 aliphatic rings. The van der Waals surface area contributed by atoms with Crippen LogP contribution in [0.5, 0.6) is 0 Å². The number of rotatable bonds is 3. The van der Waals surface area contributed by atoms with E-state index < -0.39 is 5.97 Å². The Morgan fingerprint density at radius 3 is 2.15 bits per heavy atom. The molecule has 0 fully saturated rings. The van der Waals surface area contributed by atoms with Gasteiger partial charge in [-0.25, -0.2) is 5.06 Å². The molecule has 13 heavy (non-hydrogen) atoms.